The van der Waals surface area contributed by atoms with Crippen LogP contribution in [-0.4, -0.2) is 26.0 Å². The third kappa shape index (κ3) is 4.34. The van der Waals surface area contributed by atoms with Gasteiger partial charge in [0.25, 0.3) is 0 Å². The van der Waals surface area contributed by atoms with E-state index in [9.17, 15) is 14.4 Å². The molecule has 4 aromatic rings. The van der Waals surface area contributed by atoms with E-state index >= 15 is 0 Å². The van der Waals surface area contributed by atoms with Gasteiger partial charge in [-0.1, -0.05) is 93.1 Å². The molecule has 0 saturated heterocycles. The van der Waals surface area contributed by atoms with Gasteiger partial charge >= 0.3 is 17.3 Å². The monoisotopic (exact) mass is 537 g/mol. The molecule has 4 atom stereocenters. The first-order valence-corrected chi connectivity index (χ1v) is 14.2. The standard InChI is InChI=1S/C33H35N3O4/c1-22-17-20-28(36-32(39)34(31(38)35(22)36)26-13-5-4-6-14-26)30(37)40-29-16-10-9-15-27(29)33(2,3)25-19-18-23-11-7-8-12-24(23)21-25/h4-8,11-14,17-22,27-29H,9-10,15-16H2,1-3H3/t22-,27+,28-,29+/m1/s1. The van der Waals surface area contributed by atoms with Crippen LogP contribution in [-0.2, 0) is 14.9 Å². The van der Waals surface area contributed by atoms with Crippen LogP contribution < -0.4 is 11.4 Å². The first-order chi connectivity index (χ1) is 19.3. The quantitative estimate of drug-likeness (QED) is 0.242. The van der Waals surface area contributed by atoms with Gasteiger partial charge in [0.15, 0.2) is 6.04 Å². The van der Waals surface area contributed by atoms with Gasteiger partial charge in [-0.2, -0.15) is 0 Å². The molecule has 0 unspecified atom stereocenters. The number of ether oxygens (including phenoxy) is 1. The Bertz CT molecular complexity index is 1710. The molecule has 0 bridgehead atoms. The average molecular weight is 538 g/mol. The molecule has 206 valence electrons. The first-order valence-electron chi connectivity index (χ1n) is 14.2. The summed E-state index contributed by atoms with van der Waals surface area (Å²) in [6.07, 6.45) is 6.97. The minimum atomic E-state index is -1.01. The van der Waals surface area contributed by atoms with Crippen LogP contribution in [0.25, 0.3) is 16.5 Å². The van der Waals surface area contributed by atoms with Crippen molar-refractivity contribution in [1.82, 2.24) is 13.9 Å². The van der Waals surface area contributed by atoms with E-state index < -0.39 is 23.4 Å². The Kier molecular flexibility index (Phi) is 6.61. The smallest absolute Gasteiger partial charge is 0.352 e. The van der Waals surface area contributed by atoms with Crippen LogP contribution in [0.3, 0.4) is 0 Å². The molecular formula is C33H35N3O4. The number of aromatic nitrogens is 3. The topological polar surface area (TPSA) is 75.2 Å². The summed E-state index contributed by atoms with van der Waals surface area (Å²) in [4.78, 5) is 40.7. The van der Waals surface area contributed by atoms with E-state index in [-0.39, 0.29) is 23.5 Å². The summed E-state index contributed by atoms with van der Waals surface area (Å²) >= 11 is 0. The van der Waals surface area contributed by atoms with Crippen LogP contribution in [0.1, 0.15) is 64.1 Å². The Labute approximate surface area is 233 Å². The summed E-state index contributed by atoms with van der Waals surface area (Å²) in [5, 5.41) is 2.39. The lowest BCUT2D eigenvalue weighted by molar-refractivity contribution is -0.158. The van der Waals surface area contributed by atoms with Crippen molar-refractivity contribution in [3.8, 4) is 5.69 Å². The minimum Gasteiger partial charge on any atom is -0.460 e. The number of nitrogens with zero attached hydrogens (tertiary/aromatic N) is 3. The van der Waals surface area contributed by atoms with Crippen molar-refractivity contribution in [2.45, 2.75) is 70.1 Å². The highest BCUT2D eigenvalue weighted by Gasteiger charge is 2.42. The molecule has 1 aliphatic carbocycles. The molecule has 1 aliphatic heterocycles. The van der Waals surface area contributed by atoms with Crippen molar-refractivity contribution in [2.75, 3.05) is 0 Å². The van der Waals surface area contributed by atoms with Gasteiger partial charge in [0.05, 0.1) is 11.7 Å². The lowest BCUT2D eigenvalue weighted by atomic mass is 9.66. The predicted octanol–water partition coefficient (Wildman–Crippen LogP) is 5.71. The summed E-state index contributed by atoms with van der Waals surface area (Å²) in [6, 6.07) is 22.3. The second kappa shape index (κ2) is 10.1. The molecule has 0 spiro atoms. The number of esters is 1. The van der Waals surface area contributed by atoms with Crippen molar-refractivity contribution < 1.29 is 9.53 Å². The van der Waals surface area contributed by atoms with Crippen LogP contribution in [0.4, 0.5) is 0 Å². The van der Waals surface area contributed by atoms with E-state index in [1.807, 2.05) is 19.1 Å². The van der Waals surface area contributed by atoms with Crippen LogP contribution >= 0.6 is 0 Å². The van der Waals surface area contributed by atoms with Gasteiger partial charge in [-0.15, -0.1) is 0 Å². The Balaban J connectivity index is 1.32. The second-order valence-corrected chi connectivity index (χ2v) is 11.6. The van der Waals surface area contributed by atoms with Gasteiger partial charge in [-0.25, -0.2) is 28.3 Å². The van der Waals surface area contributed by atoms with Crippen LogP contribution in [0.5, 0.6) is 0 Å². The summed E-state index contributed by atoms with van der Waals surface area (Å²) in [5.74, 6) is -0.388. The van der Waals surface area contributed by atoms with E-state index in [0.29, 0.717) is 5.69 Å². The van der Waals surface area contributed by atoms with Gasteiger partial charge in [0.1, 0.15) is 6.10 Å². The van der Waals surface area contributed by atoms with E-state index in [0.717, 1.165) is 30.3 Å². The fourth-order valence-electron chi connectivity index (χ4n) is 6.59. The molecule has 6 rings (SSSR count). The molecule has 2 heterocycles. The Morgan fingerprint density at radius 2 is 1.50 bits per heavy atom. The molecule has 0 amide bonds. The summed E-state index contributed by atoms with van der Waals surface area (Å²) in [6.45, 7) is 6.30. The summed E-state index contributed by atoms with van der Waals surface area (Å²) < 4.78 is 10.0. The Morgan fingerprint density at radius 1 is 0.825 bits per heavy atom. The number of carbonyl (C=O) groups excluding carboxylic acids is 1. The SMILES string of the molecule is C[C@@H]1C=C[C@H](C(=O)O[C@H]2CCCC[C@@H]2C(C)(C)c2ccc3ccccc3c2)n2c(=O)n(-c3ccccc3)c(=O)n21. The zero-order chi connectivity index (χ0) is 28.0. The maximum atomic E-state index is 13.8. The number of fused-ring (bicyclic) bond motifs is 2. The molecular weight excluding hydrogens is 502 g/mol. The number of para-hydroxylation sites is 1. The molecule has 7 heteroatoms. The zero-order valence-corrected chi connectivity index (χ0v) is 23.2. The summed E-state index contributed by atoms with van der Waals surface area (Å²) in [7, 11) is 0. The molecule has 0 radical (unpaired) electrons. The van der Waals surface area contributed by atoms with Gasteiger partial charge in [-0.3, -0.25) is 0 Å². The number of benzene rings is 3. The molecule has 1 saturated carbocycles. The number of hydrogen-bond donors (Lipinski definition) is 0. The Hall–Kier alpha value is -4.13. The molecule has 1 fully saturated rings. The molecule has 40 heavy (non-hydrogen) atoms. The highest BCUT2D eigenvalue weighted by molar-refractivity contribution is 5.83. The minimum absolute atomic E-state index is 0.116. The van der Waals surface area contributed by atoms with Gasteiger partial charge in [0.2, 0.25) is 0 Å². The van der Waals surface area contributed by atoms with Crippen molar-refractivity contribution in [1.29, 1.82) is 0 Å². The van der Waals surface area contributed by atoms with Crippen LogP contribution in [0.2, 0.25) is 0 Å². The van der Waals surface area contributed by atoms with E-state index in [2.05, 4.69) is 50.2 Å². The zero-order valence-electron chi connectivity index (χ0n) is 23.2. The predicted molar refractivity (Wildman–Crippen MR) is 156 cm³/mol. The number of rotatable bonds is 5. The normalized spacial score (nSPS) is 22.7. The second-order valence-electron chi connectivity index (χ2n) is 11.6. The third-order valence-electron chi connectivity index (χ3n) is 8.87. The first kappa shape index (κ1) is 26.1. The number of hydrogen-bond acceptors (Lipinski definition) is 4. The molecule has 7 nitrogen and oxygen atoms in total. The van der Waals surface area contributed by atoms with Crippen molar-refractivity contribution in [3.63, 3.8) is 0 Å². The maximum Gasteiger partial charge on any atom is 0.352 e. The van der Waals surface area contributed by atoms with Crippen molar-refractivity contribution in [3.05, 3.63) is 111 Å². The number of allylic oxidation sites excluding steroid dienone is 1. The maximum absolute atomic E-state index is 13.8. The Morgan fingerprint density at radius 3 is 2.27 bits per heavy atom. The van der Waals surface area contributed by atoms with E-state index in [1.54, 1.807) is 36.4 Å². The van der Waals surface area contributed by atoms with E-state index in [1.165, 1.54) is 25.7 Å². The number of carbonyl (C=O) groups is 1. The van der Waals surface area contributed by atoms with Crippen molar-refractivity contribution in [2.24, 2.45) is 5.92 Å². The fourth-order valence-corrected chi connectivity index (χ4v) is 6.59. The molecule has 0 N–H and O–H groups in total. The highest BCUT2D eigenvalue weighted by Crippen LogP contribution is 2.43. The van der Waals surface area contributed by atoms with E-state index in [4.69, 9.17) is 4.74 Å². The molecule has 3 aromatic carbocycles. The van der Waals surface area contributed by atoms with Gasteiger partial charge in [0, 0.05) is 5.92 Å². The lowest BCUT2D eigenvalue weighted by Crippen LogP contribution is -2.44. The fraction of sp³-hybridized carbons (Fsp3) is 0.364. The third-order valence-corrected chi connectivity index (χ3v) is 8.87. The summed E-state index contributed by atoms with van der Waals surface area (Å²) in [5.41, 5.74) is 0.429. The average Bonchev–Trinajstić information content (AvgIpc) is 3.24. The largest absolute Gasteiger partial charge is 0.460 e. The van der Waals surface area contributed by atoms with Crippen LogP contribution in [0.15, 0.2) is 94.5 Å². The lowest BCUT2D eigenvalue weighted by Gasteiger charge is -2.42. The molecule has 2 aliphatic rings. The van der Waals surface area contributed by atoms with Crippen LogP contribution in [0, 0.1) is 5.92 Å². The van der Waals surface area contributed by atoms with Gasteiger partial charge in [-0.05, 0) is 60.1 Å². The van der Waals surface area contributed by atoms with Gasteiger partial charge < -0.3 is 4.74 Å². The van der Waals surface area contributed by atoms with Crippen molar-refractivity contribution >= 4 is 16.7 Å². The highest BCUT2D eigenvalue weighted by atomic mass is 16.5. The molecule has 1 aromatic heterocycles.